The zero-order valence-electron chi connectivity index (χ0n) is 15.3. The van der Waals surface area contributed by atoms with E-state index in [1.807, 2.05) is 18.2 Å². The molecule has 0 spiro atoms. The molecular weight excluding hydrogens is 408 g/mol. The van der Waals surface area contributed by atoms with Crippen molar-refractivity contribution in [2.75, 3.05) is 0 Å². The Labute approximate surface area is 166 Å². The number of rotatable bonds is 3. The van der Waals surface area contributed by atoms with Crippen molar-refractivity contribution in [3.05, 3.63) is 73.3 Å². The van der Waals surface area contributed by atoms with Gasteiger partial charge in [-0.25, -0.2) is 0 Å². The predicted octanol–water partition coefficient (Wildman–Crippen LogP) is 5.67. The summed E-state index contributed by atoms with van der Waals surface area (Å²) in [5.74, 6) is -0.229. The maximum Gasteiger partial charge on any atom is 0.280 e. The minimum absolute atomic E-state index is 0.229. The summed E-state index contributed by atoms with van der Waals surface area (Å²) in [6.45, 7) is 9.17. The van der Waals surface area contributed by atoms with Gasteiger partial charge in [-0.1, -0.05) is 24.3 Å². The fraction of sp³-hybridized carbons (Fsp3) is 0.238. The number of thiazole rings is 1. The molecule has 0 saturated carbocycles. The molecule has 1 amide bonds. The lowest BCUT2D eigenvalue weighted by Gasteiger charge is -2.10. The first kappa shape index (κ1) is 18.8. The molecule has 0 atom stereocenters. The summed E-state index contributed by atoms with van der Waals surface area (Å²) in [6, 6.07) is 13.9. The van der Waals surface area contributed by atoms with E-state index in [2.05, 4.69) is 71.4 Å². The first-order valence-corrected chi connectivity index (χ1v) is 10.1. The van der Waals surface area contributed by atoms with E-state index in [0.29, 0.717) is 5.56 Å². The van der Waals surface area contributed by atoms with E-state index >= 15 is 0 Å². The second kappa shape index (κ2) is 7.72. The molecule has 1 aromatic heterocycles. The van der Waals surface area contributed by atoms with Crippen LogP contribution in [0.15, 0.2) is 51.9 Å². The standard InChI is InChI=1S/C21H21BrN2OS/c1-5-24-19(16-11-10-13(2)14(3)12-16)15(4)26-21(24)23-20(25)17-8-6-7-9-18(17)22/h6-12H,5H2,1-4H3. The molecule has 134 valence electrons. The predicted molar refractivity (Wildman–Crippen MR) is 112 cm³/mol. The summed E-state index contributed by atoms with van der Waals surface area (Å²) in [5, 5.41) is 0. The van der Waals surface area contributed by atoms with Gasteiger partial charge in [-0.2, -0.15) is 4.99 Å². The first-order chi connectivity index (χ1) is 12.4. The Balaban J connectivity index is 2.14. The molecule has 3 aromatic rings. The molecule has 3 rings (SSSR count). The SMILES string of the molecule is CCn1c(-c2ccc(C)c(C)c2)c(C)sc1=NC(=O)c1ccccc1Br. The average molecular weight is 429 g/mol. The quantitative estimate of drug-likeness (QED) is 0.529. The molecule has 3 nitrogen and oxygen atoms in total. The van der Waals surface area contributed by atoms with E-state index in [1.54, 1.807) is 17.4 Å². The van der Waals surface area contributed by atoms with Crippen molar-refractivity contribution in [2.45, 2.75) is 34.2 Å². The maximum atomic E-state index is 12.7. The van der Waals surface area contributed by atoms with Crippen LogP contribution in [0.2, 0.25) is 0 Å². The lowest BCUT2D eigenvalue weighted by Crippen LogP contribution is -2.17. The van der Waals surface area contributed by atoms with Crippen LogP contribution in [0.5, 0.6) is 0 Å². The largest absolute Gasteiger partial charge is 0.316 e. The number of nitrogens with zero attached hydrogens (tertiary/aromatic N) is 2. The smallest absolute Gasteiger partial charge is 0.280 e. The Kier molecular flexibility index (Phi) is 5.58. The van der Waals surface area contributed by atoms with Crippen LogP contribution in [0.4, 0.5) is 0 Å². The summed E-state index contributed by atoms with van der Waals surface area (Å²) in [4.78, 5) is 19.0. The van der Waals surface area contributed by atoms with Gasteiger partial charge in [0.1, 0.15) is 0 Å². The molecule has 0 fully saturated rings. The molecule has 0 aliphatic rings. The van der Waals surface area contributed by atoms with E-state index in [1.165, 1.54) is 16.7 Å². The minimum Gasteiger partial charge on any atom is -0.316 e. The third-order valence-corrected chi connectivity index (χ3v) is 6.16. The van der Waals surface area contributed by atoms with Gasteiger partial charge < -0.3 is 4.57 Å². The monoisotopic (exact) mass is 428 g/mol. The van der Waals surface area contributed by atoms with Crippen molar-refractivity contribution in [1.82, 2.24) is 4.57 Å². The summed E-state index contributed by atoms with van der Waals surface area (Å²) in [6.07, 6.45) is 0. The summed E-state index contributed by atoms with van der Waals surface area (Å²) >= 11 is 4.99. The summed E-state index contributed by atoms with van der Waals surface area (Å²) in [5.41, 5.74) is 5.42. The molecule has 26 heavy (non-hydrogen) atoms. The van der Waals surface area contributed by atoms with Gasteiger partial charge in [0.25, 0.3) is 5.91 Å². The number of aromatic nitrogens is 1. The third-order valence-electron chi connectivity index (χ3n) is 4.48. The fourth-order valence-corrected chi connectivity index (χ4v) is 4.44. The van der Waals surface area contributed by atoms with Gasteiger partial charge in [0.2, 0.25) is 0 Å². The number of aryl methyl sites for hydroxylation is 3. The number of benzene rings is 2. The lowest BCUT2D eigenvalue weighted by atomic mass is 10.0. The van der Waals surface area contributed by atoms with Crippen LogP contribution in [0, 0.1) is 20.8 Å². The lowest BCUT2D eigenvalue weighted by molar-refractivity contribution is 0.0997. The van der Waals surface area contributed by atoms with Crippen LogP contribution in [0.1, 0.15) is 33.3 Å². The molecule has 0 aliphatic carbocycles. The van der Waals surface area contributed by atoms with Gasteiger partial charge in [0.15, 0.2) is 4.80 Å². The Morgan fingerprint density at radius 3 is 2.50 bits per heavy atom. The fourth-order valence-electron chi connectivity index (χ4n) is 2.93. The number of amides is 1. The molecular formula is C21H21BrN2OS. The minimum atomic E-state index is -0.229. The van der Waals surface area contributed by atoms with Crippen molar-refractivity contribution in [1.29, 1.82) is 0 Å². The van der Waals surface area contributed by atoms with Crippen LogP contribution >= 0.6 is 27.3 Å². The number of carbonyl (C=O) groups excluding carboxylic acids is 1. The van der Waals surface area contributed by atoms with Crippen LogP contribution in [0.3, 0.4) is 0 Å². The van der Waals surface area contributed by atoms with Gasteiger partial charge in [0, 0.05) is 15.9 Å². The highest BCUT2D eigenvalue weighted by atomic mass is 79.9. The molecule has 0 radical (unpaired) electrons. The van der Waals surface area contributed by atoms with E-state index in [0.717, 1.165) is 26.4 Å². The Morgan fingerprint density at radius 1 is 1.12 bits per heavy atom. The van der Waals surface area contributed by atoms with Gasteiger partial charge in [-0.05, 0) is 78.5 Å². The highest BCUT2D eigenvalue weighted by Crippen LogP contribution is 2.27. The highest BCUT2D eigenvalue weighted by molar-refractivity contribution is 9.10. The van der Waals surface area contributed by atoms with E-state index in [-0.39, 0.29) is 5.91 Å². The van der Waals surface area contributed by atoms with Gasteiger partial charge in [0.05, 0.1) is 11.3 Å². The maximum absolute atomic E-state index is 12.7. The average Bonchev–Trinajstić information content (AvgIpc) is 2.92. The first-order valence-electron chi connectivity index (χ1n) is 8.53. The molecule has 0 bridgehead atoms. The second-order valence-corrected chi connectivity index (χ2v) is 8.27. The number of halogens is 1. The molecule has 2 aromatic carbocycles. The van der Waals surface area contributed by atoms with E-state index in [4.69, 9.17) is 0 Å². The van der Waals surface area contributed by atoms with Gasteiger partial charge in [-0.15, -0.1) is 11.3 Å². The van der Waals surface area contributed by atoms with E-state index < -0.39 is 0 Å². The van der Waals surface area contributed by atoms with Crippen LogP contribution in [-0.4, -0.2) is 10.5 Å². The molecule has 5 heteroatoms. The number of hydrogen-bond acceptors (Lipinski definition) is 2. The zero-order chi connectivity index (χ0) is 18.8. The van der Waals surface area contributed by atoms with Crippen molar-refractivity contribution in [3.63, 3.8) is 0 Å². The zero-order valence-corrected chi connectivity index (χ0v) is 17.7. The van der Waals surface area contributed by atoms with Crippen LogP contribution in [-0.2, 0) is 6.54 Å². The van der Waals surface area contributed by atoms with Crippen LogP contribution in [0.25, 0.3) is 11.3 Å². The number of hydrogen-bond donors (Lipinski definition) is 0. The Hall–Kier alpha value is -1.98. The normalized spacial score (nSPS) is 11.8. The van der Waals surface area contributed by atoms with Crippen molar-refractivity contribution >= 4 is 33.2 Å². The van der Waals surface area contributed by atoms with Gasteiger partial charge >= 0.3 is 0 Å². The topological polar surface area (TPSA) is 34.4 Å². The molecule has 0 aliphatic heterocycles. The molecule has 0 unspecified atom stereocenters. The number of carbonyl (C=O) groups is 1. The van der Waals surface area contributed by atoms with Gasteiger partial charge in [-0.3, -0.25) is 4.79 Å². The van der Waals surface area contributed by atoms with Crippen molar-refractivity contribution in [2.24, 2.45) is 4.99 Å². The third kappa shape index (κ3) is 3.60. The van der Waals surface area contributed by atoms with Crippen LogP contribution < -0.4 is 4.80 Å². The molecule has 1 heterocycles. The Bertz CT molecular complexity index is 1050. The highest BCUT2D eigenvalue weighted by Gasteiger charge is 2.14. The van der Waals surface area contributed by atoms with Crippen molar-refractivity contribution in [3.8, 4) is 11.3 Å². The van der Waals surface area contributed by atoms with Crippen molar-refractivity contribution < 1.29 is 4.79 Å². The molecule has 0 saturated heterocycles. The Morgan fingerprint density at radius 2 is 1.85 bits per heavy atom. The van der Waals surface area contributed by atoms with E-state index in [9.17, 15) is 4.79 Å². The molecule has 0 N–H and O–H groups in total. The summed E-state index contributed by atoms with van der Waals surface area (Å²) < 4.78 is 2.89. The second-order valence-electron chi connectivity index (χ2n) is 6.23. The summed E-state index contributed by atoms with van der Waals surface area (Å²) in [7, 11) is 0.